The highest BCUT2D eigenvalue weighted by Crippen LogP contribution is 2.36. The number of rotatable bonds is 5. The van der Waals surface area contributed by atoms with E-state index in [1.165, 1.54) is 12.1 Å². The zero-order valence-electron chi connectivity index (χ0n) is 19.1. The van der Waals surface area contributed by atoms with Crippen molar-refractivity contribution in [3.63, 3.8) is 0 Å². The molecule has 0 unspecified atom stereocenters. The predicted molar refractivity (Wildman–Crippen MR) is 124 cm³/mol. The number of halogens is 4. The second kappa shape index (κ2) is 9.77. The maximum Gasteiger partial charge on any atom is 0.449 e. The molecule has 0 saturated carbocycles. The minimum absolute atomic E-state index is 0.108. The Morgan fingerprint density at radius 1 is 1.14 bits per heavy atom. The minimum atomic E-state index is -4.81. The fraction of sp³-hybridized carbons (Fsp3) is 0.478. The van der Waals surface area contributed by atoms with Crippen LogP contribution in [0, 0.1) is 5.82 Å². The molecule has 2 aliphatic heterocycles. The van der Waals surface area contributed by atoms with E-state index in [4.69, 9.17) is 4.74 Å². The number of aromatic nitrogens is 3. The molecule has 0 aliphatic carbocycles. The highest BCUT2D eigenvalue weighted by atomic mass is 32.1. The Hall–Kier alpha value is -3.06. The van der Waals surface area contributed by atoms with E-state index in [1.54, 1.807) is 17.0 Å². The first-order valence-corrected chi connectivity index (χ1v) is 12.4. The molecule has 3 aromatic rings. The summed E-state index contributed by atoms with van der Waals surface area (Å²) < 4.78 is 60.7. The molecule has 2 fully saturated rings. The Balaban J connectivity index is 1.44. The molecular weight excluding hydrogens is 502 g/mol. The smallest absolute Gasteiger partial charge is 0.381 e. The number of alkyl halides is 3. The van der Waals surface area contributed by atoms with Crippen LogP contribution in [0.5, 0.6) is 0 Å². The molecule has 1 aromatic carbocycles. The van der Waals surface area contributed by atoms with Crippen LogP contribution in [0.15, 0.2) is 29.1 Å². The van der Waals surface area contributed by atoms with Crippen LogP contribution in [0.4, 0.5) is 22.7 Å². The van der Waals surface area contributed by atoms with Crippen LogP contribution in [-0.2, 0) is 22.3 Å². The number of hydrogen-bond acceptors (Lipinski definition) is 7. The van der Waals surface area contributed by atoms with Crippen molar-refractivity contribution >= 4 is 32.7 Å². The number of carbonyl (C=O) groups is 1. The van der Waals surface area contributed by atoms with Gasteiger partial charge in [-0.05, 0) is 43.4 Å². The van der Waals surface area contributed by atoms with Crippen molar-refractivity contribution in [1.29, 1.82) is 0 Å². The molecule has 1 N–H and O–H groups in total. The third-order valence-electron chi connectivity index (χ3n) is 6.45. The fourth-order valence-corrected chi connectivity index (χ4v) is 5.67. The number of ether oxygens (including phenoxy) is 1. The Labute approximate surface area is 206 Å². The molecule has 1 amide bonds. The second-order valence-corrected chi connectivity index (χ2v) is 9.75. The highest BCUT2D eigenvalue weighted by molar-refractivity contribution is 7.21. The number of benzene rings is 1. The maximum absolute atomic E-state index is 13.9. The van der Waals surface area contributed by atoms with Crippen LogP contribution in [0.1, 0.15) is 43.1 Å². The van der Waals surface area contributed by atoms with Crippen LogP contribution in [0.2, 0.25) is 0 Å². The first-order valence-electron chi connectivity index (χ1n) is 11.6. The molecular formula is C23H23F4N5O3S. The van der Waals surface area contributed by atoms with Crippen molar-refractivity contribution in [3.8, 4) is 0 Å². The predicted octanol–water partition coefficient (Wildman–Crippen LogP) is 3.65. The topological polar surface area (TPSA) is 89.4 Å². The van der Waals surface area contributed by atoms with Crippen LogP contribution in [0.3, 0.4) is 0 Å². The van der Waals surface area contributed by atoms with Gasteiger partial charge >= 0.3 is 6.18 Å². The third-order valence-corrected chi connectivity index (χ3v) is 7.43. The lowest BCUT2D eigenvalue weighted by molar-refractivity contribution is -0.149. The van der Waals surface area contributed by atoms with Gasteiger partial charge in [-0.25, -0.2) is 14.4 Å². The largest absolute Gasteiger partial charge is 0.449 e. The third kappa shape index (κ3) is 4.81. The first kappa shape index (κ1) is 24.6. The quantitative estimate of drug-likeness (QED) is 0.512. The van der Waals surface area contributed by atoms with Crippen molar-refractivity contribution < 1.29 is 27.1 Å². The van der Waals surface area contributed by atoms with Gasteiger partial charge in [-0.2, -0.15) is 13.2 Å². The number of fused-ring (bicyclic) bond motifs is 1. The van der Waals surface area contributed by atoms with Gasteiger partial charge in [0.05, 0.1) is 0 Å². The Morgan fingerprint density at radius 3 is 2.56 bits per heavy atom. The van der Waals surface area contributed by atoms with E-state index in [1.807, 2.05) is 0 Å². The van der Waals surface area contributed by atoms with Gasteiger partial charge in [0.2, 0.25) is 11.7 Å². The van der Waals surface area contributed by atoms with Crippen molar-refractivity contribution in [3.05, 3.63) is 51.8 Å². The minimum Gasteiger partial charge on any atom is -0.381 e. The molecule has 192 valence electrons. The normalized spacial score (nSPS) is 19.2. The van der Waals surface area contributed by atoms with Crippen molar-refractivity contribution in [1.82, 2.24) is 19.9 Å². The van der Waals surface area contributed by atoms with Gasteiger partial charge in [0.15, 0.2) is 15.5 Å². The zero-order chi connectivity index (χ0) is 25.4. The average Bonchev–Trinajstić information content (AvgIpc) is 3.51. The average molecular weight is 526 g/mol. The molecule has 0 bridgehead atoms. The fourth-order valence-electron chi connectivity index (χ4n) is 4.66. The number of hydrogen-bond donors (Lipinski definition) is 1. The molecule has 8 nitrogen and oxygen atoms in total. The Morgan fingerprint density at radius 2 is 1.86 bits per heavy atom. The van der Waals surface area contributed by atoms with E-state index in [0.29, 0.717) is 24.0 Å². The summed E-state index contributed by atoms with van der Waals surface area (Å²) in [6.45, 7) is 1.19. The van der Waals surface area contributed by atoms with Gasteiger partial charge < -0.3 is 15.0 Å². The SMILES string of the molecule is O=C(NCc1ccc(F)cc1)[C@H]1CCCN1c1nc2c(=O)n(C3CCOCC3)c(C(F)(F)F)nc2s1. The summed E-state index contributed by atoms with van der Waals surface area (Å²) in [6, 6.07) is 4.48. The van der Waals surface area contributed by atoms with E-state index in [-0.39, 0.29) is 59.8 Å². The zero-order valence-corrected chi connectivity index (χ0v) is 19.9. The van der Waals surface area contributed by atoms with Gasteiger partial charge in [-0.3, -0.25) is 14.2 Å². The second-order valence-electron chi connectivity index (χ2n) is 8.80. The van der Waals surface area contributed by atoms with Gasteiger partial charge in [-0.15, -0.1) is 0 Å². The number of thiazole rings is 1. The number of nitrogens with zero attached hydrogens (tertiary/aromatic N) is 4. The number of anilines is 1. The molecule has 13 heteroatoms. The van der Waals surface area contributed by atoms with Crippen LogP contribution in [0.25, 0.3) is 10.3 Å². The van der Waals surface area contributed by atoms with E-state index in [0.717, 1.165) is 16.9 Å². The summed E-state index contributed by atoms with van der Waals surface area (Å²) in [5.41, 5.74) is -0.239. The van der Waals surface area contributed by atoms with Gasteiger partial charge in [0.25, 0.3) is 5.56 Å². The molecule has 2 aliphatic rings. The first-order chi connectivity index (χ1) is 17.2. The molecule has 2 saturated heterocycles. The highest BCUT2D eigenvalue weighted by Gasteiger charge is 2.40. The summed E-state index contributed by atoms with van der Waals surface area (Å²) in [6.07, 6.45) is -3.06. The monoisotopic (exact) mass is 525 g/mol. The van der Waals surface area contributed by atoms with Crippen LogP contribution < -0.4 is 15.8 Å². The summed E-state index contributed by atoms with van der Waals surface area (Å²) in [5, 5.41) is 3.10. The van der Waals surface area contributed by atoms with E-state index in [9.17, 15) is 27.2 Å². The lowest BCUT2D eigenvalue weighted by atomic mass is 10.1. The van der Waals surface area contributed by atoms with Crippen molar-refractivity contribution in [2.24, 2.45) is 0 Å². The summed E-state index contributed by atoms with van der Waals surface area (Å²) in [7, 11) is 0. The standard InChI is InChI=1S/C23H23F4N5O3S/c24-14-5-3-13(4-6-14)12-28-18(33)16-2-1-9-31(16)22-29-17-19(36-22)30-21(23(25,26)27)32(20(17)34)15-7-10-35-11-8-15/h3-6,15-16H,1-2,7-12H2,(H,28,33)/t16-/m1/s1. The molecule has 2 aromatic heterocycles. The number of carbonyl (C=O) groups excluding carboxylic acids is 1. The van der Waals surface area contributed by atoms with Crippen molar-refractivity contribution in [2.45, 2.75) is 50.5 Å². The summed E-state index contributed by atoms with van der Waals surface area (Å²) in [4.78, 5) is 35.9. The molecule has 5 rings (SSSR count). The van der Waals surface area contributed by atoms with Crippen LogP contribution in [-0.4, -0.2) is 46.2 Å². The summed E-state index contributed by atoms with van der Waals surface area (Å²) in [5.74, 6) is -1.89. The van der Waals surface area contributed by atoms with Gasteiger partial charge in [0.1, 0.15) is 11.9 Å². The number of amides is 1. The Kier molecular flexibility index (Phi) is 6.68. The lowest BCUT2D eigenvalue weighted by Gasteiger charge is -2.26. The van der Waals surface area contributed by atoms with Crippen LogP contribution >= 0.6 is 11.3 Å². The summed E-state index contributed by atoms with van der Waals surface area (Å²) >= 11 is 0.876. The molecule has 36 heavy (non-hydrogen) atoms. The van der Waals surface area contributed by atoms with E-state index < -0.39 is 29.6 Å². The van der Waals surface area contributed by atoms with Gasteiger partial charge in [0, 0.05) is 32.3 Å². The molecule has 4 heterocycles. The molecule has 1 atom stereocenters. The van der Waals surface area contributed by atoms with Crippen molar-refractivity contribution in [2.75, 3.05) is 24.7 Å². The Bertz CT molecular complexity index is 1320. The lowest BCUT2D eigenvalue weighted by Crippen LogP contribution is -2.43. The number of nitrogens with one attached hydrogen (secondary N) is 1. The van der Waals surface area contributed by atoms with E-state index >= 15 is 0 Å². The molecule has 0 radical (unpaired) electrons. The molecule has 0 spiro atoms. The maximum atomic E-state index is 13.9. The van der Waals surface area contributed by atoms with E-state index in [2.05, 4.69) is 15.3 Å². The van der Waals surface area contributed by atoms with Gasteiger partial charge in [-0.1, -0.05) is 23.5 Å².